The predicted molar refractivity (Wildman–Crippen MR) is 75.8 cm³/mol. The van der Waals surface area contributed by atoms with Gasteiger partial charge in [0.2, 0.25) is 0 Å². The van der Waals surface area contributed by atoms with E-state index in [0.29, 0.717) is 6.07 Å². The van der Waals surface area contributed by atoms with Crippen molar-refractivity contribution in [1.82, 2.24) is 0 Å². The maximum atomic E-state index is 12.2. The van der Waals surface area contributed by atoms with Gasteiger partial charge in [0.1, 0.15) is 0 Å². The van der Waals surface area contributed by atoms with Crippen molar-refractivity contribution >= 4 is 23.7 Å². The lowest BCUT2D eigenvalue weighted by molar-refractivity contribution is 0.0647. The highest BCUT2D eigenvalue weighted by Gasteiger charge is 2.30. The van der Waals surface area contributed by atoms with E-state index in [9.17, 15) is 29.4 Å². The quantitative estimate of drug-likeness (QED) is 0.542. The molecule has 7 nitrogen and oxygen atoms in total. The maximum absolute atomic E-state index is 12.2. The Morgan fingerprint density at radius 3 is 1.73 bits per heavy atom. The van der Waals surface area contributed by atoms with Gasteiger partial charge >= 0.3 is 17.9 Å². The number of carboxylic acids is 3. The van der Waals surface area contributed by atoms with E-state index in [4.69, 9.17) is 5.11 Å². The minimum absolute atomic E-state index is 0.0165. The van der Waals surface area contributed by atoms with Crippen molar-refractivity contribution in [3.05, 3.63) is 46.0 Å². The summed E-state index contributed by atoms with van der Waals surface area (Å²) in [7, 11) is 0. The third kappa shape index (κ3) is 2.88. The summed E-state index contributed by atoms with van der Waals surface area (Å²) < 4.78 is 0. The number of hydrogen-bond acceptors (Lipinski definition) is 4. The van der Waals surface area contributed by atoms with Crippen LogP contribution in [0.4, 0.5) is 0 Å². The Bertz CT molecular complexity index is 713. The first-order valence-corrected chi connectivity index (χ1v) is 6.23. The Labute approximate surface area is 125 Å². The molecule has 1 rings (SSSR count). The van der Waals surface area contributed by atoms with E-state index >= 15 is 0 Å². The lowest BCUT2D eigenvalue weighted by atomic mass is 9.86. The number of carbonyl (C=O) groups is 4. The van der Waals surface area contributed by atoms with Crippen LogP contribution in [-0.2, 0) is 6.42 Å². The number of benzene rings is 1. The number of hydrogen-bond donors (Lipinski definition) is 3. The van der Waals surface area contributed by atoms with E-state index in [-0.39, 0.29) is 23.1 Å². The van der Waals surface area contributed by atoms with Gasteiger partial charge in [-0.3, -0.25) is 4.79 Å². The third-order valence-electron chi connectivity index (χ3n) is 3.07. The SMILES string of the molecule is C=C(C)C(=O)c1c(C(=O)O)cc(C(=O)O)c(C(=O)O)c1CC. The number of Topliss-reactive ketones (excluding diaryl/α,β-unsaturated/α-hetero) is 1. The van der Waals surface area contributed by atoms with E-state index in [1.54, 1.807) is 0 Å². The zero-order valence-corrected chi connectivity index (χ0v) is 12.0. The van der Waals surface area contributed by atoms with Gasteiger partial charge in [-0.2, -0.15) is 0 Å². The number of rotatable bonds is 6. The normalized spacial score (nSPS) is 10.1. The second-order valence-electron chi connectivity index (χ2n) is 4.58. The molecule has 22 heavy (non-hydrogen) atoms. The molecule has 116 valence electrons. The van der Waals surface area contributed by atoms with Crippen LogP contribution in [0.25, 0.3) is 0 Å². The molecule has 0 amide bonds. The van der Waals surface area contributed by atoms with Crippen LogP contribution in [0.5, 0.6) is 0 Å². The molecule has 0 spiro atoms. The summed E-state index contributed by atoms with van der Waals surface area (Å²) in [5, 5.41) is 27.6. The molecule has 1 aromatic rings. The van der Waals surface area contributed by atoms with Crippen LogP contribution in [0.2, 0.25) is 0 Å². The van der Waals surface area contributed by atoms with E-state index < -0.39 is 40.4 Å². The van der Waals surface area contributed by atoms with Gasteiger partial charge in [0.25, 0.3) is 0 Å². The Morgan fingerprint density at radius 2 is 1.41 bits per heavy atom. The first-order valence-electron chi connectivity index (χ1n) is 6.23. The zero-order valence-electron chi connectivity index (χ0n) is 12.0. The van der Waals surface area contributed by atoms with Gasteiger partial charge in [-0.25, -0.2) is 14.4 Å². The first kappa shape index (κ1) is 17.1. The van der Waals surface area contributed by atoms with E-state index in [1.807, 2.05) is 0 Å². The number of allylic oxidation sites excluding steroid dienone is 1. The van der Waals surface area contributed by atoms with Gasteiger partial charge in [-0.15, -0.1) is 0 Å². The average molecular weight is 306 g/mol. The van der Waals surface area contributed by atoms with Crippen molar-refractivity contribution in [2.45, 2.75) is 20.3 Å². The second kappa shape index (κ2) is 6.21. The van der Waals surface area contributed by atoms with Crippen molar-refractivity contribution in [3.8, 4) is 0 Å². The average Bonchev–Trinajstić information content (AvgIpc) is 2.43. The molecule has 0 aliphatic rings. The fourth-order valence-corrected chi connectivity index (χ4v) is 2.15. The minimum Gasteiger partial charge on any atom is -0.478 e. The fourth-order valence-electron chi connectivity index (χ4n) is 2.15. The second-order valence-corrected chi connectivity index (χ2v) is 4.58. The molecule has 0 aliphatic heterocycles. The molecular formula is C15H14O7. The predicted octanol–water partition coefficient (Wildman–Crippen LogP) is 2.10. The highest BCUT2D eigenvalue weighted by molar-refractivity contribution is 6.17. The monoisotopic (exact) mass is 306 g/mol. The van der Waals surface area contributed by atoms with Crippen LogP contribution in [0, 0.1) is 0 Å². The van der Waals surface area contributed by atoms with Gasteiger partial charge in [0, 0.05) is 5.56 Å². The number of aromatic carboxylic acids is 3. The molecular weight excluding hydrogens is 292 g/mol. The third-order valence-corrected chi connectivity index (χ3v) is 3.07. The van der Waals surface area contributed by atoms with Crippen LogP contribution < -0.4 is 0 Å². The molecule has 3 N–H and O–H groups in total. The van der Waals surface area contributed by atoms with Crippen LogP contribution in [0.1, 0.15) is 60.8 Å². The molecule has 0 atom stereocenters. The molecule has 1 aromatic carbocycles. The molecule has 0 aromatic heterocycles. The maximum Gasteiger partial charge on any atom is 0.336 e. The molecule has 0 saturated carbocycles. The van der Waals surface area contributed by atoms with Crippen molar-refractivity contribution < 1.29 is 34.5 Å². The minimum atomic E-state index is -1.58. The van der Waals surface area contributed by atoms with Crippen LogP contribution in [0.15, 0.2) is 18.2 Å². The summed E-state index contributed by atoms with van der Waals surface area (Å²) in [6, 6.07) is 0.698. The number of ketones is 1. The van der Waals surface area contributed by atoms with E-state index in [2.05, 4.69) is 6.58 Å². The molecule has 0 fully saturated rings. The van der Waals surface area contributed by atoms with E-state index in [0.717, 1.165) is 0 Å². The van der Waals surface area contributed by atoms with Crippen molar-refractivity contribution in [1.29, 1.82) is 0 Å². The molecule has 0 bridgehead atoms. The van der Waals surface area contributed by atoms with Crippen molar-refractivity contribution in [3.63, 3.8) is 0 Å². The van der Waals surface area contributed by atoms with Gasteiger partial charge in [-0.05, 0) is 30.5 Å². The fraction of sp³-hybridized carbons (Fsp3) is 0.200. The van der Waals surface area contributed by atoms with Crippen molar-refractivity contribution in [2.75, 3.05) is 0 Å². The summed E-state index contributed by atoms with van der Waals surface area (Å²) in [5.74, 6) is -5.36. The topological polar surface area (TPSA) is 129 Å². The highest BCUT2D eigenvalue weighted by atomic mass is 16.4. The number of carboxylic acid groups (broad SMARTS) is 3. The lowest BCUT2D eigenvalue weighted by Gasteiger charge is -2.16. The van der Waals surface area contributed by atoms with Gasteiger partial charge < -0.3 is 15.3 Å². The molecule has 0 unspecified atom stereocenters. The zero-order chi connectivity index (χ0) is 17.2. The molecule has 0 saturated heterocycles. The number of carbonyl (C=O) groups excluding carboxylic acids is 1. The molecule has 0 heterocycles. The Hall–Kier alpha value is -2.96. The summed E-state index contributed by atoms with van der Waals surface area (Å²) in [6.45, 7) is 6.30. The molecule has 0 aliphatic carbocycles. The van der Waals surface area contributed by atoms with E-state index in [1.165, 1.54) is 13.8 Å². The highest BCUT2D eigenvalue weighted by Crippen LogP contribution is 2.27. The largest absolute Gasteiger partial charge is 0.478 e. The Balaban J connectivity index is 4.04. The summed E-state index contributed by atoms with van der Waals surface area (Å²) in [5.41, 5.74) is -2.23. The van der Waals surface area contributed by atoms with Gasteiger partial charge in [0.05, 0.1) is 16.7 Å². The van der Waals surface area contributed by atoms with Crippen LogP contribution >= 0.6 is 0 Å². The summed E-state index contributed by atoms with van der Waals surface area (Å²) in [6.07, 6.45) is -0.0165. The van der Waals surface area contributed by atoms with Gasteiger partial charge in [-0.1, -0.05) is 13.5 Å². The standard InChI is InChI=1S/C15H14O7/c1-4-7-10(12(16)6(2)3)8(13(17)18)5-9(14(19)20)11(7)15(21)22/h5H,2,4H2,1,3H3,(H,17,18)(H,19,20)(H,21,22). The molecule has 7 heteroatoms. The van der Waals surface area contributed by atoms with Crippen LogP contribution in [-0.4, -0.2) is 39.0 Å². The summed E-state index contributed by atoms with van der Waals surface area (Å²) in [4.78, 5) is 46.2. The van der Waals surface area contributed by atoms with Crippen molar-refractivity contribution in [2.24, 2.45) is 0 Å². The Kier molecular flexibility index (Phi) is 4.83. The smallest absolute Gasteiger partial charge is 0.336 e. The van der Waals surface area contributed by atoms with Crippen LogP contribution in [0.3, 0.4) is 0 Å². The van der Waals surface area contributed by atoms with Gasteiger partial charge in [0.15, 0.2) is 5.78 Å². The Morgan fingerprint density at radius 1 is 0.955 bits per heavy atom. The lowest BCUT2D eigenvalue weighted by Crippen LogP contribution is -2.20. The first-order chi connectivity index (χ1) is 10.1. The molecule has 0 radical (unpaired) electrons. The summed E-state index contributed by atoms with van der Waals surface area (Å²) >= 11 is 0.